The molecule has 7 heteroatoms. The van der Waals surface area contributed by atoms with Gasteiger partial charge < -0.3 is 24.5 Å². The molecule has 26 heavy (non-hydrogen) atoms. The van der Waals surface area contributed by atoms with Crippen LogP contribution in [0.15, 0.2) is 24.5 Å². The molecular formula is C19H30BN2O4. The third-order valence-electron chi connectivity index (χ3n) is 5.20. The highest BCUT2D eigenvalue weighted by Crippen LogP contribution is 2.31. The Labute approximate surface area is 156 Å². The molecule has 1 radical (unpaired) electrons. The van der Waals surface area contributed by atoms with Crippen LogP contribution in [-0.2, 0) is 0 Å². The van der Waals surface area contributed by atoms with E-state index in [0.717, 1.165) is 11.0 Å². The smallest absolute Gasteiger partial charge is 0.537 e. The van der Waals surface area contributed by atoms with Gasteiger partial charge in [-0.25, -0.2) is 4.98 Å². The molecule has 1 aromatic carbocycles. The molecule has 6 nitrogen and oxygen atoms in total. The Morgan fingerprint density at radius 3 is 2.23 bits per heavy atom. The van der Waals surface area contributed by atoms with Crippen LogP contribution in [0.5, 0.6) is 5.75 Å². The number of hydrogen-bond acceptors (Lipinski definition) is 5. The van der Waals surface area contributed by atoms with E-state index in [1.54, 1.807) is 27.7 Å². The van der Waals surface area contributed by atoms with Crippen LogP contribution in [0.3, 0.4) is 0 Å². The first-order chi connectivity index (χ1) is 12.1. The maximum Gasteiger partial charge on any atom is 0.569 e. The molecule has 0 unspecified atom stereocenters. The summed E-state index contributed by atoms with van der Waals surface area (Å²) in [4.78, 5) is 4.42. The average molecular weight is 361 g/mol. The molecule has 3 rings (SSSR count). The molecule has 3 N–H and O–H groups in total. The second-order valence-corrected chi connectivity index (χ2v) is 7.94. The fraction of sp³-hybridized carbons (Fsp3) is 0.632. The Morgan fingerprint density at radius 2 is 1.69 bits per heavy atom. The van der Waals surface area contributed by atoms with Crippen molar-refractivity contribution in [2.45, 2.75) is 77.0 Å². The molecule has 0 saturated heterocycles. The number of fused-ring (bicyclic) bond motifs is 1. The Bertz CT molecular complexity index is 686. The first kappa shape index (κ1) is 20.7. The lowest BCUT2D eigenvalue weighted by Crippen LogP contribution is -2.44. The van der Waals surface area contributed by atoms with Crippen molar-refractivity contribution < 1.29 is 19.9 Å². The Balaban J connectivity index is 0.000000260. The lowest BCUT2D eigenvalue weighted by Gasteiger charge is -2.31. The SMILES string of the molecule is CC(C)(O)C(C)(C)O.O[B]Oc1ccc2c(c1)ncn2C1CCCCC1. The molecule has 143 valence electrons. The molecule has 0 aliphatic heterocycles. The topological polar surface area (TPSA) is 87.7 Å². The van der Waals surface area contributed by atoms with Crippen LogP contribution in [0, 0.1) is 0 Å². The molecule has 1 fully saturated rings. The molecule has 1 heterocycles. The summed E-state index contributed by atoms with van der Waals surface area (Å²) in [5.41, 5.74) is 0.0483. The minimum absolute atomic E-state index is 0.583. The third kappa shape index (κ3) is 5.22. The van der Waals surface area contributed by atoms with Crippen molar-refractivity contribution in [1.82, 2.24) is 9.55 Å². The van der Waals surface area contributed by atoms with E-state index >= 15 is 0 Å². The molecular weight excluding hydrogens is 331 g/mol. The molecule has 2 aromatic rings. The van der Waals surface area contributed by atoms with Gasteiger partial charge in [0.25, 0.3) is 0 Å². The quantitative estimate of drug-likeness (QED) is 0.729. The molecule has 0 amide bonds. The van der Waals surface area contributed by atoms with Crippen LogP contribution < -0.4 is 4.65 Å². The van der Waals surface area contributed by atoms with E-state index in [0.29, 0.717) is 19.5 Å². The zero-order chi connectivity index (χ0) is 19.4. The monoisotopic (exact) mass is 361 g/mol. The van der Waals surface area contributed by atoms with Gasteiger partial charge in [-0.1, -0.05) is 19.3 Å². The van der Waals surface area contributed by atoms with Gasteiger partial charge in [0.2, 0.25) is 0 Å². The van der Waals surface area contributed by atoms with Crippen LogP contribution in [0.1, 0.15) is 65.8 Å². The van der Waals surface area contributed by atoms with E-state index in [9.17, 15) is 0 Å². The number of nitrogens with zero attached hydrogens (tertiary/aromatic N) is 2. The van der Waals surface area contributed by atoms with Gasteiger partial charge in [0.15, 0.2) is 0 Å². The molecule has 0 bridgehead atoms. The van der Waals surface area contributed by atoms with Gasteiger partial charge in [-0.05, 0) is 52.7 Å². The number of aromatic nitrogens is 2. The van der Waals surface area contributed by atoms with Crippen molar-refractivity contribution in [3.63, 3.8) is 0 Å². The van der Waals surface area contributed by atoms with Crippen molar-refractivity contribution in [3.8, 4) is 5.75 Å². The zero-order valence-electron chi connectivity index (χ0n) is 16.1. The largest absolute Gasteiger partial charge is 0.569 e. The highest BCUT2D eigenvalue weighted by Gasteiger charge is 2.31. The second kappa shape index (κ2) is 8.42. The van der Waals surface area contributed by atoms with Gasteiger partial charge in [-0.15, -0.1) is 0 Å². The van der Waals surface area contributed by atoms with Crippen LogP contribution >= 0.6 is 0 Å². The standard InChI is InChI=1S/C13H16BN2O2.C6H14O2/c17-14-18-11-6-7-13-12(8-11)15-9-16(13)10-4-2-1-3-5-10;1-5(2,7)6(3,4)8/h6-10,17H,1-5H2;7-8H,1-4H3. The molecule has 1 aliphatic rings. The maximum absolute atomic E-state index is 9.10. The number of benzene rings is 1. The average Bonchev–Trinajstić information content (AvgIpc) is 2.98. The molecule has 1 aliphatic carbocycles. The van der Waals surface area contributed by atoms with E-state index < -0.39 is 11.2 Å². The molecule has 1 aromatic heterocycles. The van der Waals surface area contributed by atoms with Crippen molar-refractivity contribution in [1.29, 1.82) is 0 Å². The van der Waals surface area contributed by atoms with Gasteiger partial charge >= 0.3 is 7.69 Å². The maximum atomic E-state index is 9.10. The molecule has 0 atom stereocenters. The van der Waals surface area contributed by atoms with E-state index in [4.69, 9.17) is 19.9 Å². The van der Waals surface area contributed by atoms with Crippen molar-refractivity contribution in [3.05, 3.63) is 24.5 Å². The molecule has 1 saturated carbocycles. The summed E-state index contributed by atoms with van der Waals surface area (Å²) in [6, 6.07) is 6.30. The summed E-state index contributed by atoms with van der Waals surface area (Å²) in [7, 11) is 0.694. The Kier molecular flexibility index (Phi) is 6.72. The number of hydrogen-bond donors (Lipinski definition) is 3. The van der Waals surface area contributed by atoms with Crippen LogP contribution in [0.2, 0.25) is 0 Å². The molecule has 0 spiro atoms. The predicted molar refractivity (Wildman–Crippen MR) is 103 cm³/mol. The number of rotatable bonds is 4. The van der Waals surface area contributed by atoms with Crippen LogP contribution in [0.25, 0.3) is 11.0 Å². The summed E-state index contributed by atoms with van der Waals surface area (Å²) >= 11 is 0. The lowest BCUT2D eigenvalue weighted by atomic mass is 9.90. The Morgan fingerprint density at radius 1 is 1.08 bits per heavy atom. The van der Waals surface area contributed by atoms with E-state index in [2.05, 4.69) is 9.55 Å². The summed E-state index contributed by atoms with van der Waals surface area (Å²) in [5, 5.41) is 26.8. The lowest BCUT2D eigenvalue weighted by molar-refractivity contribution is -0.107. The van der Waals surface area contributed by atoms with Gasteiger partial charge in [0.05, 0.1) is 28.6 Å². The number of aliphatic hydroxyl groups is 2. The fourth-order valence-corrected chi connectivity index (χ4v) is 2.80. The third-order valence-corrected chi connectivity index (χ3v) is 5.20. The van der Waals surface area contributed by atoms with Crippen molar-refractivity contribution in [2.24, 2.45) is 0 Å². The van der Waals surface area contributed by atoms with Crippen molar-refractivity contribution in [2.75, 3.05) is 0 Å². The highest BCUT2D eigenvalue weighted by atomic mass is 16.5. The first-order valence-electron chi connectivity index (χ1n) is 9.17. The van der Waals surface area contributed by atoms with Gasteiger partial charge in [-0.2, -0.15) is 0 Å². The Hall–Kier alpha value is -1.57. The number of imidazole rings is 1. The minimum atomic E-state index is -1.01. The van der Waals surface area contributed by atoms with Gasteiger partial charge in [0, 0.05) is 12.1 Å². The van der Waals surface area contributed by atoms with Gasteiger partial charge in [0.1, 0.15) is 5.75 Å². The fourth-order valence-electron chi connectivity index (χ4n) is 2.80. The first-order valence-corrected chi connectivity index (χ1v) is 9.17. The van der Waals surface area contributed by atoms with E-state index in [-0.39, 0.29) is 0 Å². The summed E-state index contributed by atoms with van der Waals surface area (Å²) in [5.74, 6) is 0.610. The zero-order valence-corrected chi connectivity index (χ0v) is 16.1. The predicted octanol–water partition coefficient (Wildman–Crippen LogP) is 2.98. The normalized spacial score (nSPS) is 16.1. The summed E-state index contributed by atoms with van der Waals surface area (Å²) < 4.78 is 7.23. The van der Waals surface area contributed by atoms with Crippen LogP contribution in [-0.4, -0.2) is 43.7 Å². The second-order valence-electron chi connectivity index (χ2n) is 7.94. The van der Waals surface area contributed by atoms with E-state index in [1.807, 2.05) is 24.5 Å². The minimum Gasteiger partial charge on any atom is -0.537 e. The van der Waals surface area contributed by atoms with Crippen LogP contribution in [0.4, 0.5) is 0 Å². The van der Waals surface area contributed by atoms with Crippen molar-refractivity contribution >= 4 is 18.7 Å². The van der Waals surface area contributed by atoms with E-state index in [1.165, 1.54) is 32.1 Å². The highest BCUT2D eigenvalue weighted by molar-refractivity contribution is 6.17. The summed E-state index contributed by atoms with van der Waals surface area (Å²) in [6.07, 6.45) is 8.39. The van der Waals surface area contributed by atoms with Gasteiger partial charge in [-0.3, -0.25) is 0 Å². The summed E-state index contributed by atoms with van der Waals surface area (Å²) in [6.45, 7) is 6.31.